The minimum atomic E-state index is 0.959. The van der Waals surface area contributed by atoms with Gasteiger partial charge in [0, 0.05) is 23.7 Å². The van der Waals surface area contributed by atoms with Crippen LogP contribution >= 0.6 is 11.8 Å². The highest BCUT2D eigenvalue weighted by Gasteiger charge is 2.12. The molecule has 1 aromatic rings. The Morgan fingerprint density at radius 3 is 3.07 bits per heavy atom. The van der Waals surface area contributed by atoms with Crippen molar-refractivity contribution >= 4 is 11.8 Å². The van der Waals surface area contributed by atoms with Gasteiger partial charge in [-0.1, -0.05) is 6.07 Å². The summed E-state index contributed by atoms with van der Waals surface area (Å²) in [5.41, 5.74) is 1.41. The zero-order chi connectivity index (χ0) is 9.97. The second-order valence-electron chi connectivity index (χ2n) is 3.56. The number of fused-ring (bicyclic) bond motifs is 1. The van der Waals surface area contributed by atoms with Crippen LogP contribution in [0.25, 0.3) is 0 Å². The molecule has 0 aromatic heterocycles. The Morgan fingerprint density at radius 1 is 1.43 bits per heavy atom. The molecule has 14 heavy (non-hydrogen) atoms. The number of nitrogens with zero attached hydrogens (tertiary/aromatic N) is 1. The van der Waals surface area contributed by atoms with Crippen LogP contribution in [0, 0.1) is 0 Å². The Morgan fingerprint density at radius 2 is 2.29 bits per heavy atom. The lowest BCUT2D eigenvalue weighted by atomic mass is 10.2. The van der Waals surface area contributed by atoms with Crippen LogP contribution in [-0.2, 0) is 6.54 Å². The Balaban J connectivity index is 2.31. The molecule has 0 radical (unpaired) electrons. The van der Waals surface area contributed by atoms with Crippen molar-refractivity contribution in [2.24, 2.45) is 0 Å². The van der Waals surface area contributed by atoms with Crippen LogP contribution in [0.3, 0.4) is 0 Å². The third-order valence-electron chi connectivity index (χ3n) is 2.45. The molecule has 0 atom stereocenters. The van der Waals surface area contributed by atoms with Crippen LogP contribution in [0.2, 0.25) is 0 Å². The predicted molar refractivity (Wildman–Crippen MR) is 60.1 cm³/mol. The van der Waals surface area contributed by atoms with Crippen LogP contribution in [0.1, 0.15) is 5.56 Å². The molecular formula is C11H15NOS. The van der Waals surface area contributed by atoms with E-state index in [1.165, 1.54) is 10.5 Å². The maximum atomic E-state index is 5.22. The molecule has 0 spiro atoms. The lowest BCUT2D eigenvalue weighted by Gasteiger charge is -2.12. The van der Waals surface area contributed by atoms with Gasteiger partial charge in [-0.25, -0.2) is 0 Å². The molecule has 0 aliphatic carbocycles. The summed E-state index contributed by atoms with van der Waals surface area (Å²) in [4.78, 5) is 3.72. The summed E-state index contributed by atoms with van der Waals surface area (Å²) in [6.07, 6.45) is 0. The second-order valence-corrected chi connectivity index (χ2v) is 4.70. The number of methoxy groups -OCH3 is 1. The zero-order valence-electron chi connectivity index (χ0n) is 8.62. The van der Waals surface area contributed by atoms with E-state index in [2.05, 4.69) is 24.1 Å². The minimum Gasteiger partial charge on any atom is -0.497 e. The van der Waals surface area contributed by atoms with Crippen LogP contribution < -0.4 is 4.74 Å². The van der Waals surface area contributed by atoms with E-state index in [4.69, 9.17) is 4.74 Å². The number of rotatable bonds is 1. The molecule has 76 valence electrons. The number of ether oxygens (including phenoxy) is 1. The van der Waals surface area contributed by atoms with E-state index in [1.54, 1.807) is 7.11 Å². The zero-order valence-corrected chi connectivity index (χ0v) is 9.43. The van der Waals surface area contributed by atoms with Crippen molar-refractivity contribution in [3.05, 3.63) is 23.8 Å². The molecule has 1 aliphatic rings. The van der Waals surface area contributed by atoms with Gasteiger partial charge < -0.3 is 9.64 Å². The molecule has 0 fully saturated rings. The Bertz CT molecular complexity index is 327. The van der Waals surface area contributed by atoms with Crippen molar-refractivity contribution < 1.29 is 4.74 Å². The average Bonchev–Trinajstić information content (AvgIpc) is 2.37. The molecule has 1 aliphatic heterocycles. The Labute approximate surface area is 89.2 Å². The SMILES string of the molecule is COc1ccc2c(c1)SCCN(C)C2. The summed E-state index contributed by atoms with van der Waals surface area (Å²) >= 11 is 1.92. The van der Waals surface area contributed by atoms with Gasteiger partial charge in [-0.3, -0.25) is 0 Å². The van der Waals surface area contributed by atoms with Gasteiger partial charge >= 0.3 is 0 Å². The third-order valence-corrected chi connectivity index (χ3v) is 3.52. The maximum absolute atomic E-state index is 5.22. The van der Waals surface area contributed by atoms with Crippen molar-refractivity contribution in [1.29, 1.82) is 0 Å². The van der Waals surface area contributed by atoms with Gasteiger partial charge in [0.15, 0.2) is 0 Å². The lowest BCUT2D eigenvalue weighted by Crippen LogP contribution is -2.18. The molecule has 0 bridgehead atoms. The van der Waals surface area contributed by atoms with Crippen LogP contribution in [0.4, 0.5) is 0 Å². The van der Waals surface area contributed by atoms with E-state index in [0.717, 1.165) is 24.6 Å². The van der Waals surface area contributed by atoms with E-state index in [1.807, 2.05) is 17.8 Å². The summed E-state index contributed by atoms with van der Waals surface area (Å²) < 4.78 is 5.22. The van der Waals surface area contributed by atoms with E-state index in [-0.39, 0.29) is 0 Å². The first kappa shape index (κ1) is 9.87. The number of hydrogen-bond acceptors (Lipinski definition) is 3. The van der Waals surface area contributed by atoms with Crippen molar-refractivity contribution in [2.75, 3.05) is 26.5 Å². The van der Waals surface area contributed by atoms with E-state index in [0.29, 0.717) is 0 Å². The Hall–Kier alpha value is -0.670. The fraction of sp³-hybridized carbons (Fsp3) is 0.455. The quantitative estimate of drug-likeness (QED) is 0.704. The second kappa shape index (κ2) is 4.24. The highest BCUT2D eigenvalue weighted by atomic mass is 32.2. The fourth-order valence-corrected chi connectivity index (χ4v) is 2.75. The highest BCUT2D eigenvalue weighted by molar-refractivity contribution is 7.99. The van der Waals surface area contributed by atoms with Crippen molar-refractivity contribution in [1.82, 2.24) is 4.90 Å². The third kappa shape index (κ3) is 2.04. The fourth-order valence-electron chi connectivity index (χ4n) is 1.61. The Kier molecular flexibility index (Phi) is 2.99. The summed E-state index contributed by atoms with van der Waals surface area (Å²) in [6, 6.07) is 6.35. The first-order valence-corrected chi connectivity index (χ1v) is 5.76. The molecule has 0 N–H and O–H groups in total. The molecule has 2 nitrogen and oxygen atoms in total. The van der Waals surface area contributed by atoms with E-state index < -0.39 is 0 Å². The average molecular weight is 209 g/mol. The molecule has 0 unspecified atom stereocenters. The lowest BCUT2D eigenvalue weighted by molar-refractivity contribution is 0.348. The summed E-state index contributed by atoms with van der Waals surface area (Å²) in [7, 11) is 3.88. The van der Waals surface area contributed by atoms with Crippen molar-refractivity contribution in [2.45, 2.75) is 11.4 Å². The van der Waals surface area contributed by atoms with Gasteiger partial charge in [0.1, 0.15) is 5.75 Å². The topological polar surface area (TPSA) is 12.5 Å². The molecule has 0 saturated heterocycles. The van der Waals surface area contributed by atoms with E-state index in [9.17, 15) is 0 Å². The van der Waals surface area contributed by atoms with Crippen LogP contribution in [0.15, 0.2) is 23.1 Å². The molecule has 2 rings (SSSR count). The van der Waals surface area contributed by atoms with Crippen molar-refractivity contribution in [3.8, 4) is 5.75 Å². The monoisotopic (exact) mass is 209 g/mol. The van der Waals surface area contributed by atoms with Crippen LogP contribution in [-0.4, -0.2) is 31.4 Å². The highest BCUT2D eigenvalue weighted by Crippen LogP contribution is 2.30. The normalized spacial score (nSPS) is 17.3. The van der Waals surface area contributed by atoms with Crippen LogP contribution in [0.5, 0.6) is 5.75 Å². The molecular weight excluding hydrogens is 194 g/mol. The summed E-state index contributed by atoms with van der Waals surface area (Å²) in [5.74, 6) is 2.12. The molecule has 0 amide bonds. The first-order chi connectivity index (χ1) is 6.79. The number of thioether (sulfide) groups is 1. The summed E-state index contributed by atoms with van der Waals surface area (Å²) in [6.45, 7) is 2.20. The smallest absolute Gasteiger partial charge is 0.119 e. The molecule has 3 heteroatoms. The number of benzene rings is 1. The molecule has 1 aromatic carbocycles. The molecule has 0 saturated carbocycles. The molecule has 1 heterocycles. The van der Waals surface area contributed by atoms with Gasteiger partial charge in [0.2, 0.25) is 0 Å². The van der Waals surface area contributed by atoms with Gasteiger partial charge in [-0.05, 0) is 24.7 Å². The van der Waals surface area contributed by atoms with Gasteiger partial charge in [0.25, 0.3) is 0 Å². The standard InChI is InChI=1S/C11H15NOS/c1-12-5-6-14-11-7-10(13-2)4-3-9(11)8-12/h3-4,7H,5-6,8H2,1-2H3. The van der Waals surface area contributed by atoms with Gasteiger partial charge in [0.05, 0.1) is 7.11 Å². The first-order valence-electron chi connectivity index (χ1n) is 4.78. The van der Waals surface area contributed by atoms with Crippen molar-refractivity contribution in [3.63, 3.8) is 0 Å². The number of hydrogen-bond donors (Lipinski definition) is 0. The van der Waals surface area contributed by atoms with Gasteiger partial charge in [-0.15, -0.1) is 11.8 Å². The maximum Gasteiger partial charge on any atom is 0.119 e. The largest absolute Gasteiger partial charge is 0.497 e. The minimum absolute atomic E-state index is 0.959. The van der Waals surface area contributed by atoms with Gasteiger partial charge in [-0.2, -0.15) is 0 Å². The van der Waals surface area contributed by atoms with E-state index >= 15 is 0 Å². The summed E-state index contributed by atoms with van der Waals surface area (Å²) in [5, 5.41) is 0. The predicted octanol–water partition coefficient (Wildman–Crippen LogP) is 2.23.